The molecule has 0 spiro atoms. The monoisotopic (exact) mass is 270 g/mol. The first-order valence-corrected chi connectivity index (χ1v) is 6.68. The number of aromatic nitrogens is 1. The van der Waals surface area contributed by atoms with Gasteiger partial charge in [-0.2, -0.15) is 5.26 Å². The van der Waals surface area contributed by atoms with Gasteiger partial charge in [0.25, 0.3) is 0 Å². The molecule has 0 saturated heterocycles. The molecule has 0 radical (unpaired) electrons. The van der Waals surface area contributed by atoms with Crippen molar-refractivity contribution in [3.63, 3.8) is 0 Å². The van der Waals surface area contributed by atoms with Gasteiger partial charge in [-0.3, -0.25) is 0 Å². The van der Waals surface area contributed by atoms with Crippen molar-refractivity contribution < 1.29 is 9.53 Å². The second kappa shape index (κ2) is 6.03. The van der Waals surface area contributed by atoms with Crippen molar-refractivity contribution in [2.45, 2.75) is 5.03 Å². The zero-order chi connectivity index (χ0) is 13.7. The number of nitriles is 1. The quantitative estimate of drug-likeness (QED) is 0.487. The second-order valence-electron chi connectivity index (χ2n) is 3.59. The van der Waals surface area contributed by atoms with Crippen LogP contribution in [-0.2, 0) is 0 Å². The Balaban J connectivity index is 2.23. The van der Waals surface area contributed by atoms with Crippen molar-refractivity contribution in [3.8, 4) is 11.8 Å². The van der Waals surface area contributed by atoms with Gasteiger partial charge < -0.3 is 4.74 Å². The minimum Gasteiger partial charge on any atom is -0.423 e. The topological polar surface area (TPSA) is 63.0 Å². The fourth-order valence-electron chi connectivity index (χ4n) is 1.50. The maximum atomic E-state index is 12.0. The highest BCUT2D eigenvalue weighted by molar-refractivity contribution is 7.98. The largest absolute Gasteiger partial charge is 0.423 e. The van der Waals surface area contributed by atoms with Crippen molar-refractivity contribution in [3.05, 3.63) is 53.7 Å². The summed E-state index contributed by atoms with van der Waals surface area (Å²) in [5.41, 5.74) is 0.860. The van der Waals surface area contributed by atoms with Crippen LogP contribution in [0.4, 0.5) is 0 Å². The van der Waals surface area contributed by atoms with Crippen LogP contribution in [0.25, 0.3) is 0 Å². The van der Waals surface area contributed by atoms with Crippen LogP contribution >= 0.6 is 11.8 Å². The van der Waals surface area contributed by atoms with Crippen LogP contribution in [0.5, 0.6) is 5.75 Å². The zero-order valence-corrected chi connectivity index (χ0v) is 11.0. The highest BCUT2D eigenvalue weighted by atomic mass is 32.2. The van der Waals surface area contributed by atoms with Crippen LogP contribution in [0, 0.1) is 11.3 Å². The van der Waals surface area contributed by atoms with E-state index in [1.165, 1.54) is 17.8 Å². The molecule has 0 unspecified atom stereocenters. The first-order valence-electron chi connectivity index (χ1n) is 5.46. The van der Waals surface area contributed by atoms with Gasteiger partial charge in [0.15, 0.2) is 0 Å². The Labute approximate surface area is 115 Å². The molecule has 0 aliphatic carbocycles. The Hall–Kier alpha value is -2.32. The lowest BCUT2D eigenvalue weighted by Crippen LogP contribution is -2.10. The van der Waals surface area contributed by atoms with Crippen LogP contribution in [-0.4, -0.2) is 17.2 Å². The summed E-state index contributed by atoms with van der Waals surface area (Å²) in [6.07, 6.45) is 3.47. The van der Waals surface area contributed by atoms with Crippen molar-refractivity contribution in [1.82, 2.24) is 4.98 Å². The third kappa shape index (κ3) is 3.12. The summed E-state index contributed by atoms with van der Waals surface area (Å²) in [7, 11) is 0. The number of ether oxygens (including phenoxy) is 1. The normalized spacial score (nSPS) is 9.68. The second-order valence-corrected chi connectivity index (χ2v) is 4.38. The molecule has 0 fully saturated rings. The summed E-state index contributed by atoms with van der Waals surface area (Å²) in [5, 5.41) is 9.41. The van der Waals surface area contributed by atoms with E-state index in [-0.39, 0.29) is 0 Å². The standard InChI is InChI=1S/C14H10N2O2S/c1-19-13-12(6-3-7-16-13)14(17)18-11-5-2-4-10(8-11)9-15/h2-8H,1H3. The number of thioether (sulfide) groups is 1. The summed E-state index contributed by atoms with van der Waals surface area (Å²) in [6, 6.07) is 11.8. The number of carbonyl (C=O) groups is 1. The van der Waals surface area contributed by atoms with Crippen LogP contribution in [0.1, 0.15) is 15.9 Å². The van der Waals surface area contributed by atoms with E-state index < -0.39 is 5.97 Å². The number of nitrogens with zero attached hydrogens (tertiary/aromatic N) is 2. The van der Waals surface area contributed by atoms with Crippen molar-refractivity contribution >= 4 is 17.7 Å². The molecule has 0 bridgehead atoms. The van der Waals surface area contributed by atoms with Crippen LogP contribution in [0.2, 0.25) is 0 Å². The van der Waals surface area contributed by atoms with E-state index in [2.05, 4.69) is 4.98 Å². The van der Waals surface area contributed by atoms with E-state index in [4.69, 9.17) is 10.00 Å². The molecule has 0 saturated carbocycles. The minimum absolute atomic E-state index is 0.347. The van der Waals surface area contributed by atoms with Crippen LogP contribution in [0.15, 0.2) is 47.6 Å². The molecule has 19 heavy (non-hydrogen) atoms. The predicted octanol–water partition coefficient (Wildman–Crippen LogP) is 2.89. The van der Waals surface area contributed by atoms with E-state index in [0.717, 1.165) is 0 Å². The van der Waals surface area contributed by atoms with E-state index in [0.29, 0.717) is 21.9 Å². The molecule has 0 aliphatic heterocycles. The van der Waals surface area contributed by atoms with Crippen LogP contribution in [0.3, 0.4) is 0 Å². The highest BCUT2D eigenvalue weighted by Crippen LogP contribution is 2.20. The predicted molar refractivity (Wildman–Crippen MR) is 72.1 cm³/mol. The van der Waals surface area contributed by atoms with Gasteiger partial charge in [-0.25, -0.2) is 9.78 Å². The summed E-state index contributed by atoms with van der Waals surface area (Å²) >= 11 is 1.38. The van der Waals surface area contributed by atoms with E-state index in [9.17, 15) is 4.79 Å². The van der Waals surface area contributed by atoms with Gasteiger partial charge in [-0.15, -0.1) is 11.8 Å². The Morgan fingerprint density at radius 1 is 1.37 bits per heavy atom. The van der Waals surface area contributed by atoms with Crippen molar-refractivity contribution in [2.75, 3.05) is 6.26 Å². The third-order valence-electron chi connectivity index (χ3n) is 2.36. The van der Waals surface area contributed by atoms with Gasteiger partial charge in [-0.1, -0.05) is 6.07 Å². The fraction of sp³-hybridized carbons (Fsp3) is 0.0714. The maximum Gasteiger partial charge on any atom is 0.346 e. The van der Waals surface area contributed by atoms with Gasteiger partial charge >= 0.3 is 5.97 Å². The molecule has 1 aromatic heterocycles. The maximum absolute atomic E-state index is 12.0. The molecule has 0 aliphatic rings. The van der Waals surface area contributed by atoms with Crippen molar-refractivity contribution in [1.29, 1.82) is 5.26 Å². The Bertz CT molecular complexity index is 650. The summed E-state index contributed by atoms with van der Waals surface area (Å²) in [5.74, 6) is -0.132. The van der Waals surface area contributed by atoms with Gasteiger partial charge in [0.2, 0.25) is 0 Å². The molecule has 2 rings (SSSR count). The lowest BCUT2D eigenvalue weighted by molar-refractivity contribution is 0.0730. The number of pyridine rings is 1. The van der Waals surface area contributed by atoms with Crippen LogP contribution < -0.4 is 4.74 Å². The SMILES string of the molecule is CSc1ncccc1C(=O)Oc1cccc(C#N)c1. The molecule has 0 amide bonds. The number of rotatable bonds is 3. The minimum atomic E-state index is -0.479. The smallest absolute Gasteiger partial charge is 0.346 e. The first-order chi connectivity index (χ1) is 9.24. The first kappa shape index (κ1) is 13.1. The molecule has 5 heteroatoms. The molecular formula is C14H10N2O2S. The third-order valence-corrected chi connectivity index (χ3v) is 3.07. The van der Waals surface area contributed by atoms with Gasteiger partial charge in [0.1, 0.15) is 10.8 Å². The summed E-state index contributed by atoms with van der Waals surface area (Å²) in [6.45, 7) is 0. The van der Waals surface area contributed by atoms with E-state index in [1.54, 1.807) is 36.5 Å². The number of hydrogen-bond acceptors (Lipinski definition) is 5. The van der Waals surface area contributed by atoms with Gasteiger partial charge in [-0.05, 0) is 36.6 Å². The number of carbonyl (C=O) groups excluding carboxylic acids is 1. The number of esters is 1. The Kier molecular flexibility index (Phi) is 4.16. The molecular weight excluding hydrogens is 260 g/mol. The number of benzene rings is 1. The van der Waals surface area contributed by atoms with Gasteiger partial charge in [0.05, 0.1) is 17.2 Å². The van der Waals surface area contributed by atoms with E-state index >= 15 is 0 Å². The lowest BCUT2D eigenvalue weighted by Gasteiger charge is -2.06. The average molecular weight is 270 g/mol. The average Bonchev–Trinajstić information content (AvgIpc) is 2.47. The lowest BCUT2D eigenvalue weighted by atomic mass is 10.2. The summed E-state index contributed by atoms with van der Waals surface area (Å²) < 4.78 is 5.24. The zero-order valence-electron chi connectivity index (χ0n) is 10.2. The molecule has 2 aromatic rings. The molecule has 1 heterocycles. The van der Waals surface area contributed by atoms with Crippen molar-refractivity contribution in [2.24, 2.45) is 0 Å². The molecule has 4 nitrogen and oxygen atoms in total. The molecule has 0 atom stereocenters. The highest BCUT2D eigenvalue weighted by Gasteiger charge is 2.14. The number of hydrogen-bond donors (Lipinski definition) is 0. The van der Waals surface area contributed by atoms with Gasteiger partial charge in [0, 0.05) is 6.20 Å². The fourth-order valence-corrected chi connectivity index (χ4v) is 2.04. The van der Waals surface area contributed by atoms with E-state index in [1.807, 2.05) is 12.3 Å². The molecule has 1 aromatic carbocycles. The summed E-state index contributed by atoms with van der Waals surface area (Å²) in [4.78, 5) is 16.1. The Morgan fingerprint density at radius 3 is 2.95 bits per heavy atom. The molecule has 0 N–H and O–H groups in total. The Morgan fingerprint density at radius 2 is 2.21 bits per heavy atom. The molecule has 94 valence electrons.